The molecule has 252 valence electrons. The average molecular weight is 643 g/mol. The molecule has 0 aliphatic carbocycles. The van der Waals surface area contributed by atoms with Crippen molar-refractivity contribution in [1.82, 2.24) is 29.4 Å². The van der Waals surface area contributed by atoms with Crippen molar-refractivity contribution in [2.75, 3.05) is 66.5 Å². The summed E-state index contributed by atoms with van der Waals surface area (Å²) in [5.74, 6) is 0. The molecule has 4 aromatic carbocycles. The zero-order chi connectivity index (χ0) is 32.7. The smallest absolute Gasteiger partial charge is 0.0237 e. The Kier molecular flexibility index (Phi) is 11.0. The van der Waals surface area contributed by atoms with E-state index in [4.69, 9.17) is 0 Å². The van der Waals surface area contributed by atoms with E-state index < -0.39 is 0 Å². The molecule has 0 saturated heterocycles. The van der Waals surface area contributed by atoms with Crippen LogP contribution in [0.2, 0.25) is 0 Å². The highest BCUT2D eigenvalue weighted by molar-refractivity contribution is 5.28. The molecule has 0 saturated carbocycles. The van der Waals surface area contributed by atoms with Gasteiger partial charge in [-0.05, 0) is 58.6 Å². The largest absolute Gasteiger partial charge is 0.304 e. The third kappa shape index (κ3) is 9.41. The summed E-state index contributed by atoms with van der Waals surface area (Å²) in [6, 6.07) is 37.6. The van der Waals surface area contributed by atoms with Crippen molar-refractivity contribution in [3.05, 3.63) is 142 Å². The van der Waals surface area contributed by atoms with Crippen LogP contribution in [0.4, 0.5) is 0 Å². The Hall–Kier alpha value is -3.36. The molecule has 4 heterocycles. The maximum Gasteiger partial charge on any atom is 0.0237 e. The molecule has 4 aliphatic rings. The normalized spacial score (nSPS) is 25.0. The molecule has 0 aromatic heterocycles. The molecule has 4 aromatic rings. The second-order valence-electron chi connectivity index (χ2n) is 14.7. The summed E-state index contributed by atoms with van der Waals surface area (Å²) in [4.78, 5) is 15.8. The van der Waals surface area contributed by atoms with Gasteiger partial charge in [0.25, 0.3) is 0 Å². The SMILES string of the molecule is CN1CCN2Cc3cccc(c3)CN3CCN(C)CCN(Cc4cccc(c4)C2)Cc2cccc(c2)CN(CC1)Cc1cccc(c1)C3. The summed E-state index contributed by atoms with van der Waals surface area (Å²) in [6.45, 7) is 16.1. The van der Waals surface area contributed by atoms with Gasteiger partial charge in [0.2, 0.25) is 0 Å². The van der Waals surface area contributed by atoms with Gasteiger partial charge in [-0.3, -0.25) is 19.6 Å². The van der Waals surface area contributed by atoms with Gasteiger partial charge in [-0.15, -0.1) is 0 Å². The van der Waals surface area contributed by atoms with Crippen LogP contribution in [0.25, 0.3) is 0 Å². The minimum absolute atomic E-state index is 0.962. The summed E-state index contributed by atoms with van der Waals surface area (Å²) in [5, 5.41) is 0. The predicted octanol–water partition coefficient (Wildman–Crippen LogP) is 5.90. The molecule has 0 radical (unpaired) electrons. The highest BCUT2D eigenvalue weighted by Crippen LogP contribution is 2.21. The van der Waals surface area contributed by atoms with Crippen LogP contribution in [0.5, 0.6) is 0 Å². The first-order chi connectivity index (χ1) is 23.5. The van der Waals surface area contributed by atoms with E-state index in [9.17, 15) is 0 Å². The molecule has 6 heteroatoms. The third-order valence-electron chi connectivity index (χ3n) is 10.4. The standard InChI is InChI=1S/C42H54N6/c1-43-15-19-45-27-35-7-3-11-39(23-35)31-47-21-17-44(2)18-22-48(33-41-13-4-8-36(24-41)28-45)34-42-14-6-10-38(26-42)30-46(20-16-43)29-37-9-5-12-40(25-37)32-47/h3-14,23-26H,15-22,27-34H2,1-2H3. The lowest BCUT2D eigenvalue weighted by atomic mass is 10.1. The molecule has 6 nitrogen and oxygen atoms in total. The fourth-order valence-electron chi connectivity index (χ4n) is 7.70. The molecule has 12 bridgehead atoms. The van der Waals surface area contributed by atoms with E-state index >= 15 is 0 Å². The minimum Gasteiger partial charge on any atom is -0.304 e. The fourth-order valence-corrected chi connectivity index (χ4v) is 7.70. The topological polar surface area (TPSA) is 19.4 Å². The first-order valence-corrected chi connectivity index (χ1v) is 18.1. The number of hydrogen-bond acceptors (Lipinski definition) is 6. The second-order valence-corrected chi connectivity index (χ2v) is 14.7. The van der Waals surface area contributed by atoms with Gasteiger partial charge in [0.1, 0.15) is 0 Å². The van der Waals surface area contributed by atoms with Crippen LogP contribution in [-0.2, 0) is 52.4 Å². The van der Waals surface area contributed by atoms with Crippen LogP contribution in [0.3, 0.4) is 0 Å². The Labute approximate surface area is 289 Å². The number of rotatable bonds is 0. The van der Waals surface area contributed by atoms with Crippen LogP contribution in [0.15, 0.2) is 97.1 Å². The van der Waals surface area contributed by atoms with Crippen molar-refractivity contribution < 1.29 is 0 Å². The molecule has 0 amide bonds. The van der Waals surface area contributed by atoms with Gasteiger partial charge in [0.05, 0.1) is 0 Å². The maximum atomic E-state index is 2.67. The van der Waals surface area contributed by atoms with Gasteiger partial charge >= 0.3 is 0 Å². The number of likely N-dealkylation sites (N-methyl/N-ethyl adjacent to an activating group) is 2. The van der Waals surface area contributed by atoms with Crippen molar-refractivity contribution in [2.45, 2.75) is 52.4 Å². The summed E-state index contributed by atoms with van der Waals surface area (Å²) < 4.78 is 0. The van der Waals surface area contributed by atoms with Gasteiger partial charge < -0.3 is 9.80 Å². The summed E-state index contributed by atoms with van der Waals surface area (Å²) in [5.41, 5.74) is 11.3. The van der Waals surface area contributed by atoms with E-state index in [1.807, 2.05) is 0 Å². The van der Waals surface area contributed by atoms with Gasteiger partial charge in [0, 0.05) is 105 Å². The Morgan fingerprint density at radius 3 is 0.667 bits per heavy atom. The lowest BCUT2D eigenvalue weighted by molar-refractivity contribution is 0.177. The van der Waals surface area contributed by atoms with E-state index in [2.05, 4.69) is 141 Å². The first kappa shape index (κ1) is 33.2. The number of fused-ring (bicyclic) bond motifs is 8. The van der Waals surface area contributed by atoms with Gasteiger partial charge in [-0.25, -0.2) is 0 Å². The third-order valence-corrected chi connectivity index (χ3v) is 10.4. The predicted molar refractivity (Wildman–Crippen MR) is 197 cm³/mol. The molecule has 0 fully saturated rings. The molecular weight excluding hydrogens is 589 g/mol. The lowest BCUT2D eigenvalue weighted by Crippen LogP contribution is -2.38. The number of hydrogen-bond donors (Lipinski definition) is 0. The van der Waals surface area contributed by atoms with E-state index in [0.29, 0.717) is 0 Å². The number of benzene rings is 4. The lowest BCUT2D eigenvalue weighted by Gasteiger charge is -2.31. The Balaban J connectivity index is 1.33. The zero-order valence-electron chi connectivity index (χ0n) is 29.2. The van der Waals surface area contributed by atoms with Crippen molar-refractivity contribution in [3.8, 4) is 0 Å². The van der Waals surface area contributed by atoms with E-state index in [1.165, 1.54) is 44.5 Å². The zero-order valence-corrected chi connectivity index (χ0v) is 29.2. The minimum atomic E-state index is 0.962. The fraction of sp³-hybridized carbons (Fsp3) is 0.429. The highest BCUT2D eigenvalue weighted by Gasteiger charge is 2.18. The molecule has 4 aliphatic heterocycles. The van der Waals surface area contributed by atoms with E-state index in [1.54, 1.807) is 0 Å². The van der Waals surface area contributed by atoms with Crippen molar-refractivity contribution >= 4 is 0 Å². The van der Waals surface area contributed by atoms with Crippen molar-refractivity contribution in [1.29, 1.82) is 0 Å². The summed E-state index contributed by atoms with van der Waals surface area (Å²) in [7, 11) is 4.61. The molecule has 0 atom stereocenters. The summed E-state index contributed by atoms with van der Waals surface area (Å²) >= 11 is 0. The van der Waals surface area contributed by atoms with Crippen molar-refractivity contribution in [2.24, 2.45) is 0 Å². The van der Waals surface area contributed by atoms with Gasteiger partial charge in [0.15, 0.2) is 0 Å². The van der Waals surface area contributed by atoms with Gasteiger partial charge in [-0.2, -0.15) is 0 Å². The summed E-state index contributed by atoms with van der Waals surface area (Å²) in [6.07, 6.45) is 0. The highest BCUT2D eigenvalue weighted by atomic mass is 15.2. The second kappa shape index (κ2) is 15.9. The molecule has 0 N–H and O–H groups in total. The van der Waals surface area contributed by atoms with Crippen LogP contribution in [0.1, 0.15) is 44.5 Å². The quantitative estimate of drug-likeness (QED) is 0.236. The van der Waals surface area contributed by atoms with E-state index in [-0.39, 0.29) is 0 Å². The van der Waals surface area contributed by atoms with Crippen LogP contribution in [-0.4, -0.2) is 95.9 Å². The molecule has 0 unspecified atom stereocenters. The molecular formula is C42H54N6. The molecule has 0 spiro atoms. The Bertz CT molecular complexity index is 1310. The monoisotopic (exact) mass is 642 g/mol. The van der Waals surface area contributed by atoms with E-state index in [0.717, 1.165) is 105 Å². The van der Waals surface area contributed by atoms with Crippen LogP contribution >= 0.6 is 0 Å². The van der Waals surface area contributed by atoms with Gasteiger partial charge in [-0.1, -0.05) is 97.1 Å². The van der Waals surface area contributed by atoms with Crippen LogP contribution < -0.4 is 0 Å². The Morgan fingerprint density at radius 1 is 0.292 bits per heavy atom. The Morgan fingerprint density at radius 2 is 0.479 bits per heavy atom. The van der Waals surface area contributed by atoms with Crippen molar-refractivity contribution in [3.63, 3.8) is 0 Å². The molecule has 48 heavy (non-hydrogen) atoms. The average Bonchev–Trinajstić information content (AvgIpc) is 3.07. The molecule has 8 rings (SSSR count). The number of nitrogens with zero attached hydrogens (tertiary/aromatic N) is 6. The maximum absolute atomic E-state index is 2.67. The van der Waals surface area contributed by atoms with Crippen LogP contribution in [0, 0.1) is 0 Å². The first-order valence-electron chi connectivity index (χ1n) is 18.1.